The maximum Gasteiger partial charge on any atom is 0.233 e. The van der Waals surface area contributed by atoms with Gasteiger partial charge in [0.05, 0.1) is 13.7 Å². The zero-order valence-electron chi connectivity index (χ0n) is 14.1. The molecule has 126 valence electrons. The van der Waals surface area contributed by atoms with Crippen LogP contribution in [0.1, 0.15) is 37.7 Å². The summed E-state index contributed by atoms with van der Waals surface area (Å²) in [6.45, 7) is 1.88. The van der Waals surface area contributed by atoms with Gasteiger partial charge in [0.15, 0.2) is 0 Å². The predicted molar refractivity (Wildman–Crippen MR) is 93.7 cm³/mol. The van der Waals surface area contributed by atoms with Gasteiger partial charge in [0.1, 0.15) is 5.75 Å². The molecular formula is C19H28N2O2. The molecule has 0 aliphatic heterocycles. The zero-order chi connectivity index (χ0) is 16.3. The molecule has 1 aromatic rings. The minimum absolute atomic E-state index is 0.0708. The molecule has 1 amide bonds. The molecule has 4 nitrogen and oxygen atoms in total. The number of para-hydroxylation sites is 1. The van der Waals surface area contributed by atoms with E-state index in [9.17, 15) is 4.79 Å². The molecule has 0 heterocycles. The minimum Gasteiger partial charge on any atom is -0.496 e. The van der Waals surface area contributed by atoms with Crippen LogP contribution in [0.3, 0.4) is 0 Å². The van der Waals surface area contributed by atoms with E-state index in [2.05, 4.69) is 22.8 Å². The van der Waals surface area contributed by atoms with Gasteiger partial charge in [-0.3, -0.25) is 4.79 Å². The van der Waals surface area contributed by atoms with Crippen LogP contribution < -0.4 is 15.4 Å². The molecule has 4 heteroatoms. The van der Waals surface area contributed by atoms with Crippen LogP contribution in [0.4, 0.5) is 0 Å². The number of carbonyl (C=O) groups is 1. The summed E-state index contributed by atoms with van der Waals surface area (Å²) in [7, 11) is 1.68. The number of allylic oxidation sites excluding steroid dienone is 1. The molecular weight excluding hydrogens is 288 g/mol. The van der Waals surface area contributed by atoms with Gasteiger partial charge >= 0.3 is 0 Å². The lowest BCUT2D eigenvalue weighted by Gasteiger charge is -2.13. The third kappa shape index (κ3) is 6.45. The number of amides is 1. The van der Waals surface area contributed by atoms with E-state index in [0.29, 0.717) is 6.54 Å². The third-order valence-corrected chi connectivity index (χ3v) is 4.20. The summed E-state index contributed by atoms with van der Waals surface area (Å²) in [5, 5.41) is 6.18. The highest BCUT2D eigenvalue weighted by molar-refractivity contribution is 5.77. The molecule has 0 bridgehead atoms. The van der Waals surface area contributed by atoms with Crippen molar-refractivity contribution in [2.45, 2.75) is 38.5 Å². The Morgan fingerprint density at radius 3 is 2.83 bits per heavy atom. The lowest BCUT2D eigenvalue weighted by atomic mass is 9.97. The number of nitrogens with one attached hydrogen (secondary N) is 2. The largest absolute Gasteiger partial charge is 0.496 e. The summed E-state index contributed by atoms with van der Waals surface area (Å²) < 4.78 is 5.32. The fourth-order valence-electron chi connectivity index (χ4n) is 2.89. The second-order valence-corrected chi connectivity index (χ2v) is 5.95. The lowest BCUT2D eigenvalue weighted by Crippen LogP contribution is -2.35. The maximum absolute atomic E-state index is 11.8. The molecule has 1 aliphatic carbocycles. The van der Waals surface area contributed by atoms with E-state index in [1.54, 1.807) is 7.11 Å². The monoisotopic (exact) mass is 316 g/mol. The summed E-state index contributed by atoms with van der Waals surface area (Å²) >= 11 is 0. The summed E-state index contributed by atoms with van der Waals surface area (Å²) in [4.78, 5) is 11.8. The van der Waals surface area contributed by atoms with Crippen LogP contribution in [0.25, 0.3) is 0 Å². The minimum atomic E-state index is 0.0708. The van der Waals surface area contributed by atoms with Crippen molar-refractivity contribution in [1.29, 1.82) is 0 Å². The summed E-state index contributed by atoms with van der Waals surface area (Å²) in [5.74, 6) is 0.973. The van der Waals surface area contributed by atoms with Crippen molar-refractivity contribution in [3.63, 3.8) is 0 Å². The Morgan fingerprint density at radius 2 is 2.04 bits per heavy atom. The van der Waals surface area contributed by atoms with Gasteiger partial charge in [-0.1, -0.05) is 29.8 Å². The van der Waals surface area contributed by atoms with Crippen molar-refractivity contribution >= 4 is 5.91 Å². The van der Waals surface area contributed by atoms with Crippen molar-refractivity contribution < 1.29 is 9.53 Å². The first kappa shape index (κ1) is 17.5. The molecule has 1 aromatic carbocycles. The third-order valence-electron chi connectivity index (χ3n) is 4.20. The smallest absolute Gasteiger partial charge is 0.233 e. The summed E-state index contributed by atoms with van der Waals surface area (Å²) in [6.07, 6.45) is 9.19. The standard InChI is InChI=1S/C19H28N2O2/c1-23-18-10-6-5-9-17(18)12-13-20-15-19(22)21-14-11-16-7-3-2-4-8-16/h5-7,9-10,20H,2-4,8,11-15H2,1H3,(H,21,22). The average molecular weight is 316 g/mol. The van der Waals surface area contributed by atoms with Gasteiger partial charge in [-0.2, -0.15) is 0 Å². The molecule has 0 saturated carbocycles. The summed E-state index contributed by atoms with van der Waals surface area (Å²) in [5.41, 5.74) is 2.66. The van der Waals surface area contributed by atoms with Crippen molar-refractivity contribution in [1.82, 2.24) is 10.6 Å². The maximum atomic E-state index is 11.8. The van der Waals surface area contributed by atoms with Crippen LogP contribution in [0.2, 0.25) is 0 Å². The first-order chi connectivity index (χ1) is 11.3. The van der Waals surface area contributed by atoms with Gasteiger partial charge < -0.3 is 15.4 Å². The Kier molecular flexibility index (Phi) is 7.67. The van der Waals surface area contributed by atoms with Crippen LogP contribution in [0, 0.1) is 0 Å². The van der Waals surface area contributed by atoms with E-state index in [1.807, 2.05) is 18.2 Å². The molecule has 1 aliphatic rings. The first-order valence-corrected chi connectivity index (χ1v) is 8.57. The molecule has 0 fully saturated rings. The van der Waals surface area contributed by atoms with Crippen LogP contribution >= 0.6 is 0 Å². The van der Waals surface area contributed by atoms with Crippen LogP contribution in [0.15, 0.2) is 35.9 Å². The highest BCUT2D eigenvalue weighted by Crippen LogP contribution is 2.19. The lowest BCUT2D eigenvalue weighted by molar-refractivity contribution is -0.120. The van der Waals surface area contributed by atoms with Gasteiger partial charge in [0, 0.05) is 6.54 Å². The van der Waals surface area contributed by atoms with Crippen molar-refractivity contribution in [3.8, 4) is 5.75 Å². The number of methoxy groups -OCH3 is 1. The van der Waals surface area contributed by atoms with Gasteiger partial charge in [0.25, 0.3) is 0 Å². The van der Waals surface area contributed by atoms with E-state index < -0.39 is 0 Å². The molecule has 2 N–H and O–H groups in total. The zero-order valence-corrected chi connectivity index (χ0v) is 14.1. The molecule has 0 atom stereocenters. The van der Waals surface area contributed by atoms with Gasteiger partial charge in [-0.25, -0.2) is 0 Å². The van der Waals surface area contributed by atoms with E-state index in [1.165, 1.54) is 31.3 Å². The molecule has 23 heavy (non-hydrogen) atoms. The molecule has 0 spiro atoms. The molecule has 0 saturated heterocycles. The second-order valence-electron chi connectivity index (χ2n) is 5.95. The molecule has 0 unspecified atom stereocenters. The number of ether oxygens (including phenoxy) is 1. The quantitative estimate of drug-likeness (QED) is 0.544. The Hall–Kier alpha value is -1.81. The van der Waals surface area contributed by atoms with Gasteiger partial charge in [0.2, 0.25) is 5.91 Å². The predicted octanol–water partition coefficient (Wildman–Crippen LogP) is 2.83. The van der Waals surface area contributed by atoms with E-state index in [0.717, 1.165) is 37.2 Å². The normalized spacial score (nSPS) is 14.2. The number of benzene rings is 1. The average Bonchev–Trinajstić information content (AvgIpc) is 2.60. The van der Waals surface area contributed by atoms with Crippen LogP contribution in [-0.2, 0) is 11.2 Å². The number of hydrogen-bond acceptors (Lipinski definition) is 3. The summed E-state index contributed by atoms with van der Waals surface area (Å²) in [6, 6.07) is 7.98. The SMILES string of the molecule is COc1ccccc1CCNCC(=O)NCCC1=CCCCC1. The Morgan fingerprint density at radius 1 is 1.17 bits per heavy atom. The molecule has 0 radical (unpaired) electrons. The number of carbonyl (C=O) groups excluding carboxylic acids is 1. The van der Waals surface area contributed by atoms with Gasteiger partial charge in [-0.05, 0) is 56.7 Å². The van der Waals surface area contributed by atoms with E-state index in [4.69, 9.17) is 4.74 Å². The van der Waals surface area contributed by atoms with Crippen molar-refractivity contribution in [2.75, 3.05) is 26.7 Å². The van der Waals surface area contributed by atoms with Crippen LogP contribution in [0.5, 0.6) is 5.75 Å². The molecule has 0 aromatic heterocycles. The van der Waals surface area contributed by atoms with Gasteiger partial charge in [-0.15, -0.1) is 0 Å². The number of hydrogen-bond donors (Lipinski definition) is 2. The Bertz CT molecular complexity index is 526. The van der Waals surface area contributed by atoms with E-state index in [-0.39, 0.29) is 5.91 Å². The van der Waals surface area contributed by atoms with Crippen molar-refractivity contribution in [3.05, 3.63) is 41.5 Å². The topological polar surface area (TPSA) is 50.4 Å². The first-order valence-electron chi connectivity index (χ1n) is 8.57. The highest BCUT2D eigenvalue weighted by Gasteiger charge is 2.05. The Labute approximate surface area is 139 Å². The van der Waals surface area contributed by atoms with E-state index >= 15 is 0 Å². The number of rotatable bonds is 9. The fourth-order valence-corrected chi connectivity index (χ4v) is 2.89. The Balaban J connectivity index is 1.57. The second kappa shape index (κ2) is 10.1. The van der Waals surface area contributed by atoms with Crippen molar-refractivity contribution in [2.24, 2.45) is 0 Å². The fraction of sp³-hybridized carbons (Fsp3) is 0.526. The molecule has 2 rings (SSSR count). The highest BCUT2D eigenvalue weighted by atomic mass is 16.5. The van der Waals surface area contributed by atoms with Crippen LogP contribution in [-0.4, -0.2) is 32.7 Å².